The fourth-order valence-electron chi connectivity index (χ4n) is 2.48. The van der Waals surface area contributed by atoms with Gasteiger partial charge in [0.05, 0.1) is 11.4 Å². The van der Waals surface area contributed by atoms with E-state index < -0.39 is 17.6 Å². The van der Waals surface area contributed by atoms with Crippen LogP contribution < -0.4 is 15.4 Å². The minimum absolute atomic E-state index is 0.0234. The van der Waals surface area contributed by atoms with E-state index in [1.165, 1.54) is 43.3 Å². The van der Waals surface area contributed by atoms with Crippen molar-refractivity contribution in [3.63, 3.8) is 0 Å². The standard InChI is InChI=1S/C20H17F2N3O3S/c1-11-19(29-18(23-11)10-28-15-6-3-13(21)4-7-15)20(27)25-14-5-8-16(22)17(9-14)24-12(2)26/h3-9H,10H2,1-2H3,(H,24,26)(H,25,27). The highest BCUT2D eigenvalue weighted by atomic mass is 32.1. The minimum atomic E-state index is -0.604. The third-order valence-corrected chi connectivity index (χ3v) is 4.89. The number of hydrogen-bond acceptors (Lipinski definition) is 5. The molecule has 1 heterocycles. The minimum Gasteiger partial charge on any atom is -0.486 e. The van der Waals surface area contributed by atoms with Crippen LogP contribution in [0.15, 0.2) is 42.5 Å². The summed E-state index contributed by atoms with van der Waals surface area (Å²) >= 11 is 1.16. The van der Waals surface area contributed by atoms with Crippen LogP contribution in [0.25, 0.3) is 0 Å². The fourth-order valence-corrected chi connectivity index (χ4v) is 3.35. The lowest BCUT2D eigenvalue weighted by Crippen LogP contribution is -2.13. The first-order valence-electron chi connectivity index (χ1n) is 8.55. The number of nitrogens with zero attached hydrogens (tertiary/aromatic N) is 1. The van der Waals surface area contributed by atoms with Gasteiger partial charge in [-0.2, -0.15) is 0 Å². The summed E-state index contributed by atoms with van der Waals surface area (Å²) in [5.41, 5.74) is 0.830. The van der Waals surface area contributed by atoms with Crippen molar-refractivity contribution in [3.8, 4) is 5.75 Å². The summed E-state index contributed by atoms with van der Waals surface area (Å²) in [5.74, 6) is -1.30. The third-order valence-electron chi connectivity index (χ3n) is 3.76. The molecule has 0 bridgehead atoms. The maximum atomic E-state index is 13.7. The summed E-state index contributed by atoms with van der Waals surface area (Å²) in [5, 5.41) is 5.61. The number of amides is 2. The van der Waals surface area contributed by atoms with Crippen LogP contribution in [0.4, 0.5) is 20.2 Å². The van der Waals surface area contributed by atoms with Gasteiger partial charge in [-0.15, -0.1) is 11.3 Å². The van der Waals surface area contributed by atoms with E-state index in [9.17, 15) is 18.4 Å². The topological polar surface area (TPSA) is 80.3 Å². The molecule has 9 heteroatoms. The van der Waals surface area contributed by atoms with Gasteiger partial charge in [-0.05, 0) is 49.4 Å². The van der Waals surface area contributed by atoms with Gasteiger partial charge in [0.2, 0.25) is 5.91 Å². The van der Waals surface area contributed by atoms with Crippen molar-refractivity contribution in [1.82, 2.24) is 4.98 Å². The Hall–Kier alpha value is -3.33. The second kappa shape index (κ2) is 8.78. The molecule has 6 nitrogen and oxygen atoms in total. The number of thiazole rings is 1. The Balaban J connectivity index is 1.68. The molecule has 0 fully saturated rings. The smallest absolute Gasteiger partial charge is 0.267 e. The van der Waals surface area contributed by atoms with Gasteiger partial charge >= 0.3 is 0 Å². The van der Waals surface area contributed by atoms with Gasteiger partial charge in [-0.3, -0.25) is 9.59 Å². The van der Waals surface area contributed by atoms with Crippen LogP contribution in [0, 0.1) is 18.6 Å². The molecule has 3 aromatic rings. The number of carbonyl (C=O) groups is 2. The predicted molar refractivity (Wildman–Crippen MR) is 106 cm³/mol. The molecule has 0 spiro atoms. The van der Waals surface area contributed by atoms with Crippen LogP contribution in [0.3, 0.4) is 0 Å². The number of hydrogen-bond donors (Lipinski definition) is 2. The van der Waals surface area contributed by atoms with Crippen molar-refractivity contribution in [3.05, 3.63) is 69.7 Å². The van der Waals surface area contributed by atoms with Crippen molar-refractivity contribution < 1.29 is 23.1 Å². The van der Waals surface area contributed by atoms with Crippen molar-refractivity contribution in [2.75, 3.05) is 10.6 Å². The highest BCUT2D eigenvalue weighted by Crippen LogP contribution is 2.24. The Morgan fingerprint density at radius 2 is 1.83 bits per heavy atom. The Labute approximate surface area is 169 Å². The van der Waals surface area contributed by atoms with Crippen molar-refractivity contribution in [1.29, 1.82) is 0 Å². The Bertz CT molecular complexity index is 1050. The van der Waals surface area contributed by atoms with Crippen molar-refractivity contribution in [2.45, 2.75) is 20.5 Å². The van der Waals surface area contributed by atoms with E-state index in [-0.39, 0.29) is 18.1 Å². The van der Waals surface area contributed by atoms with Crippen LogP contribution in [-0.4, -0.2) is 16.8 Å². The first-order valence-corrected chi connectivity index (χ1v) is 9.36. The Morgan fingerprint density at radius 3 is 2.52 bits per heavy atom. The maximum Gasteiger partial charge on any atom is 0.267 e. The molecule has 2 N–H and O–H groups in total. The SMILES string of the molecule is CC(=O)Nc1cc(NC(=O)c2sc(COc3ccc(F)cc3)nc2C)ccc1F. The lowest BCUT2D eigenvalue weighted by atomic mass is 10.2. The van der Waals surface area contributed by atoms with Crippen LogP contribution in [0.5, 0.6) is 5.75 Å². The molecule has 0 radical (unpaired) electrons. The molecule has 0 saturated heterocycles. The van der Waals surface area contributed by atoms with Crippen LogP contribution in [0.1, 0.15) is 27.3 Å². The van der Waals surface area contributed by atoms with E-state index in [0.29, 0.717) is 27.0 Å². The molecule has 29 heavy (non-hydrogen) atoms. The van der Waals surface area contributed by atoms with Crippen LogP contribution in [-0.2, 0) is 11.4 Å². The number of aromatic nitrogens is 1. The van der Waals surface area contributed by atoms with Crippen LogP contribution >= 0.6 is 11.3 Å². The number of anilines is 2. The van der Waals surface area contributed by atoms with E-state index in [0.717, 1.165) is 17.4 Å². The number of aryl methyl sites for hydroxylation is 1. The molecule has 0 atom stereocenters. The zero-order valence-electron chi connectivity index (χ0n) is 15.6. The molecule has 150 valence electrons. The van der Waals surface area contributed by atoms with Gasteiger partial charge in [-0.25, -0.2) is 13.8 Å². The molecule has 1 aromatic heterocycles. The molecule has 2 aromatic carbocycles. The zero-order valence-corrected chi connectivity index (χ0v) is 16.4. The quantitative estimate of drug-likeness (QED) is 0.618. The highest BCUT2D eigenvalue weighted by Gasteiger charge is 2.17. The Kier molecular flexibility index (Phi) is 6.18. The molecule has 0 saturated carbocycles. The lowest BCUT2D eigenvalue weighted by Gasteiger charge is -2.08. The third kappa shape index (κ3) is 5.35. The van der Waals surface area contributed by atoms with Crippen molar-refractivity contribution in [2.24, 2.45) is 0 Å². The van der Waals surface area contributed by atoms with Crippen LogP contribution in [0.2, 0.25) is 0 Å². The monoisotopic (exact) mass is 417 g/mol. The molecular weight excluding hydrogens is 400 g/mol. The molecule has 3 rings (SSSR count). The summed E-state index contributed by atoms with van der Waals surface area (Å²) in [7, 11) is 0. The number of carbonyl (C=O) groups excluding carboxylic acids is 2. The summed E-state index contributed by atoms with van der Waals surface area (Å²) in [6.07, 6.45) is 0. The number of benzene rings is 2. The first-order chi connectivity index (χ1) is 13.8. The molecule has 0 unspecified atom stereocenters. The first kappa shape index (κ1) is 20.4. The second-order valence-electron chi connectivity index (χ2n) is 6.09. The van der Waals surface area contributed by atoms with Gasteiger partial charge in [0.1, 0.15) is 33.9 Å². The number of ether oxygens (including phenoxy) is 1. The maximum absolute atomic E-state index is 13.7. The largest absolute Gasteiger partial charge is 0.486 e. The number of halogens is 2. The molecule has 0 aliphatic heterocycles. The second-order valence-corrected chi connectivity index (χ2v) is 7.18. The van der Waals surface area contributed by atoms with E-state index >= 15 is 0 Å². The molecule has 2 amide bonds. The van der Waals surface area contributed by atoms with Gasteiger partial charge < -0.3 is 15.4 Å². The average Bonchev–Trinajstić information content (AvgIpc) is 3.04. The lowest BCUT2D eigenvalue weighted by molar-refractivity contribution is -0.114. The van der Waals surface area contributed by atoms with Gasteiger partial charge in [0, 0.05) is 12.6 Å². The normalized spacial score (nSPS) is 10.5. The average molecular weight is 417 g/mol. The summed E-state index contributed by atoms with van der Waals surface area (Å²) < 4.78 is 32.2. The van der Waals surface area contributed by atoms with Crippen molar-refractivity contribution >= 4 is 34.5 Å². The summed E-state index contributed by atoms with van der Waals surface area (Å²) in [6.45, 7) is 3.09. The van der Waals surface area contributed by atoms with E-state index in [1.807, 2.05) is 0 Å². The molecule has 0 aliphatic carbocycles. The van der Waals surface area contributed by atoms with E-state index in [1.54, 1.807) is 6.92 Å². The zero-order chi connectivity index (χ0) is 21.0. The molecular formula is C20H17F2N3O3S. The predicted octanol–water partition coefficient (Wildman–Crippen LogP) is 4.52. The number of nitrogens with one attached hydrogen (secondary N) is 2. The van der Waals surface area contributed by atoms with E-state index in [4.69, 9.17) is 4.74 Å². The molecule has 0 aliphatic rings. The van der Waals surface area contributed by atoms with Gasteiger partial charge in [0.15, 0.2) is 0 Å². The highest BCUT2D eigenvalue weighted by molar-refractivity contribution is 7.13. The Morgan fingerprint density at radius 1 is 1.10 bits per heavy atom. The fraction of sp³-hybridized carbons (Fsp3) is 0.150. The summed E-state index contributed by atoms with van der Waals surface area (Å²) in [4.78, 5) is 28.4. The summed E-state index contributed by atoms with van der Waals surface area (Å²) in [6, 6.07) is 9.48. The van der Waals surface area contributed by atoms with Gasteiger partial charge in [0.25, 0.3) is 5.91 Å². The number of rotatable bonds is 6. The van der Waals surface area contributed by atoms with E-state index in [2.05, 4.69) is 15.6 Å². The van der Waals surface area contributed by atoms with Gasteiger partial charge in [-0.1, -0.05) is 0 Å².